The summed E-state index contributed by atoms with van der Waals surface area (Å²) in [7, 11) is 1.58. The smallest absolute Gasteiger partial charge is 0.161 e. The molecule has 0 spiro atoms. The Hall–Kier alpha value is -2.08. The predicted molar refractivity (Wildman–Crippen MR) is 81.1 cm³/mol. The molecule has 0 atom stereocenters. The van der Waals surface area contributed by atoms with Crippen molar-refractivity contribution in [1.29, 1.82) is 0 Å². The number of thiocarbonyl (C=S) groups is 1. The summed E-state index contributed by atoms with van der Waals surface area (Å²) < 4.78 is 12.9. The lowest BCUT2D eigenvalue weighted by Gasteiger charge is -2.11. The quantitative estimate of drug-likeness (QED) is 0.826. The molecule has 106 valence electrons. The van der Waals surface area contributed by atoms with E-state index in [0.29, 0.717) is 23.1 Å². The lowest BCUT2D eigenvalue weighted by Crippen LogP contribution is -2.09. The highest BCUT2D eigenvalue weighted by molar-refractivity contribution is 7.80. The number of methoxy groups -OCH3 is 1. The van der Waals surface area contributed by atoms with Gasteiger partial charge in [-0.3, -0.25) is 4.68 Å². The van der Waals surface area contributed by atoms with Crippen LogP contribution in [0.3, 0.4) is 0 Å². The van der Waals surface area contributed by atoms with Crippen molar-refractivity contribution in [3.8, 4) is 11.5 Å². The van der Waals surface area contributed by atoms with Crippen molar-refractivity contribution in [3.63, 3.8) is 0 Å². The van der Waals surface area contributed by atoms with E-state index in [1.807, 2.05) is 23.9 Å². The molecule has 20 heavy (non-hydrogen) atoms. The standard InChI is InChI=1S/C14H17N3O2S/c1-3-17-8-10(7-16-17)9-19-12-5-4-11(14(15)20)6-13(12)18-2/h4-8H,3,9H2,1-2H3,(H2,15,20). The molecule has 1 aromatic heterocycles. The van der Waals surface area contributed by atoms with E-state index >= 15 is 0 Å². The second-order valence-corrected chi connectivity index (χ2v) is 4.66. The summed E-state index contributed by atoms with van der Waals surface area (Å²) in [5.41, 5.74) is 7.35. The van der Waals surface area contributed by atoms with Crippen molar-refractivity contribution in [2.75, 3.05) is 7.11 Å². The summed E-state index contributed by atoms with van der Waals surface area (Å²) in [6.45, 7) is 3.31. The van der Waals surface area contributed by atoms with Crippen molar-refractivity contribution in [3.05, 3.63) is 41.7 Å². The van der Waals surface area contributed by atoms with Gasteiger partial charge in [0.05, 0.1) is 13.3 Å². The predicted octanol–water partition coefficient (Wildman–Crippen LogP) is 2.12. The van der Waals surface area contributed by atoms with Crippen LogP contribution >= 0.6 is 12.2 Å². The monoisotopic (exact) mass is 291 g/mol. The van der Waals surface area contributed by atoms with Crippen LogP contribution in [0.15, 0.2) is 30.6 Å². The Kier molecular flexibility index (Phi) is 4.57. The number of nitrogens with zero attached hydrogens (tertiary/aromatic N) is 2. The number of aromatic nitrogens is 2. The molecule has 1 aromatic carbocycles. The van der Waals surface area contributed by atoms with E-state index in [9.17, 15) is 0 Å². The molecular formula is C14H17N3O2S. The van der Waals surface area contributed by atoms with E-state index in [-0.39, 0.29) is 0 Å². The van der Waals surface area contributed by atoms with Gasteiger partial charge in [-0.05, 0) is 25.1 Å². The summed E-state index contributed by atoms with van der Waals surface area (Å²) in [6.07, 6.45) is 3.75. The van der Waals surface area contributed by atoms with Gasteiger partial charge in [0, 0.05) is 23.9 Å². The van der Waals surface area contributed by atoms with Crippen molar-refractivity contribution in [1.82, 2.24) is 9.78 Å². The van der Waals surface area contributed by atoms with Gasteiger partial charge >= 0.3 is 0 Å². The maximum atomic E-state index is 5.74. The average molecular weight is 291 g/mol. The summed E-state index contributed by atoms with van der Waals surface area (Å²) in [6, 6.07) is 5.39. The molecule has 0 aliphatic heterocycles. The van der Waals surface area contributed by atoms with Gasteiger partial charge in [-0.1, -0.05) is 12.2 Å². The normalized spacial score (nSPS) is 10.3. The zero-order chi connectivity index (χ0) is 14.5. The van der Waals surface area contributed by atoms with Crippen molar-refractivity contribution < 1.29 is 9.47 Å². The third-order valence-corrected chi connectivity index (χ3v) is 3.09. The lowest BCUT2D eigenvalue weighted by molar-refractivity contribution is 0.284. The fraction of sp³-hybridized carbons (Fsp3) is 0.286. The van der Waals surface area contributed by atoms with Crippen molar-refractivity contribution in [2.24, 2.45) is 5.73 Å². The van der Waals surface area contributed by atoms with Gasteiger partial charge in [0.2, 0.25) is 0 Å². The van der Waals surface area contributed by atoms with E-state index in [0.717, 1.165) is 17.7 Å². The Morgan fingerprint density at radius 2 is 2.20 bits per heavy atom. The number of nitrogens with two attached hydrogens (primary N) is 1. The molecule has 1 heterocycles. The second-order valence-electron chi connectivity index (χ2n) is 4.22. The maximum Gasteiger partial charge on any atom is 0.161 e. The SMILES string of the molecule is CCn1cc(COc2ccc(C(N)=S)cc2OC)cn1. The molecule has 2 N–H and O–H groups in total. The summed E-state index contributed by atoms with van der Waals surface area (Å²) in [5.74, 6) is 1.26. The van der Waals surface area contributed by atoms with E-state index in [2.05, 4.69) is 5.10 Å². The first-order valence-corrected chi connectivity index (χ1v) is 6.66. The van der Waals surface area contributed by atoms with Gasteiger partial charge in [-0.15, -0.1) is 0 Å². The maximum absolute atomic E-state index is 5.74. The molecule has 0 saturated carbocycles. The average Bonchev–Trinajstić information content (AvgIpc) is 2.92. The number of hydrogen-bond donors (Lipinski definition) is 1. The molecule has 0 radical (unpaired) electrons. The van der Waals surface area contributed by atoms with Crippen LogP contribution in [0.5, 0.6) is 11.5 Å². The van der Waals surface area contributed by atoms with Crippen LogP contribution in [0, 0.1) is 0 Å². The molecular weight excluding hydrogens is 274 g/mol. The zero-order valence-electron chi connectivity index (χ0n) is 11.5. The van der Waals surface area contributed by atoms with E-state index in [1.165, 1.54) is 0 Å². The third kappa shape index (κ3) is 3.27. The van der Waals surface area contributed by atoms with Gasteiger partial charge in [0.25, 0.3) is 0 Å². The molecule has 5 nitrogen and oxygen atoms in total. The topological polar surface area (TPSA) is 62.3 Å². The van der Waals surface area contributed by atoms with Gasteiger partial charge in [-0.25, -0.2) is 0 Å². The molecule has 0 unspecified atom stereocenters. The van der Waals surface area contributed by atoms with Gasteiger partial charge in [-0.2, -0.15) is 5.10 Å². The zero-order valence-corrected chi connectivity index (χ0v) is 12.3. The number of benzene rings is 1. The number of ether oxygens (including phenoxy) is 2. The summed E-state index contributed by atoms with van der Waals surface area (Å²) in [5, 5.41) is 4.20. The van der Waals surface area contributed by atoms with Crippen LogP contribution in [-0.2, 0) is 13.2 Å². The number of aryl methyl sites for hydroxylation is 1. The first-order chi connectivity index (χ1) is 9.63. The molecule has 0 amide bonds. The largest absolute Gasteiger partial charge is 0.493 e. The highest BCUT2D eigenvalue weighted by Gasteiger charge is 2.08. The first kappa shape index (κ1) is 14.3. The Morgan fingerprint density at radius 1 is 1.40 bits per heavy atom. The van der Waals surface area contributed by atoms with Gasteiger partial charge in [0.1, 0.15) is 11.6 Å². The fourth-order valence-electron chi connectivity index (χ4n) is 1.76. The van der Waals surface area contributed by atoms with E-state index < -0.39 is 0 Å². The molecule has 2 aromatic rings. The minimum absolute atomic E-state index is 0.332. The Balaban J connectivity index is 2.10. The van der Waals surface area contributed by atoms with Gasteiger partial charge in [0.15, 0.2) is 11.5 Å². The Bertz CT molecular complexity index is 610. The molecule has 0 bridgehead atoms. The molecule has 6 heteroatoms. The minimum Gasteiger partial charge on any atom is -0.493 e. The van der Waals surface area contributed by atoms with E-state index in [4.69, 9.17) is 27.4 Å². The summed E-state index contributed by atoms with van der Waals surface area (Å²) >= 11 is 4.94. The van der Waals surface area contributed by atoms with Gasteiger partial charge < -0.3 is 15.2 Å². The Morgan fingerprint density at radius 3 is 2.80 bits per heavy atom. The second kappa shape index (κ2) is 6.38. The first-order valence-electron chi connectivity index (χ1n) is 6.26. The minimum atomic E-state index is 0.332. The van der Waals surface area contributed by atoms with E-state index in [1.54, 1.807) is 25.4 Å². The molecule has 0 aliphatic carbocycles. The third-order valence-electron chi connectivity index (χ3n) is 2.85. The van der Waals surface area contributed by atoms with Crippen LogP contribution in [0.4, 0.5) is 0 Å². The lowest BCUT2D eigenvalue weighted by atomic mass is 10.2. The van der Waals surface area contributed by atoms with Crippen LogP contribution in [0.25, 0.3) is 0 Å². The molecule has 2 rings (SSSR count). The molecule has 0 fully saturated rings. The van der Waals surface area contributed by atoms with Crippen molar-refractivity contribution in [2.45, 2.75) is 20.1 Å². The van der Waals surface area contributed by atoms with Crippen LogP contribution in [0.2, 0.25) is 0 Å². The highest BCUT2D eigenvalue weighted by atomic mass is 32.1. The number of rotatable bonds is 6. The fourth-order valence-corrected chi connectivity index (χ4v) is 1.88. The summed E-state index contributed by atoms with van der Waals surface area (Å²) in [4.78, 5) is 0.332. The van der Waals surface area contributed by atoms with Crippen LogP contribution in [0.1, 0.15) is 18.1 Å². The van der Waals surface area contributed by atoms with Crippen molar-refractivity contribution >= 4 is 17.2 Å². The number of hydrogen-bond acceptors (Lipinski definition) is 4. The van der Waals surface area contributed by atoms with Crippen LogP contribution in [-0.4, -0.2) is 21.9 Å². The Labute approximate surface area is 123 Å². The molecule has 0 saturated heterocycles. The van der Waals surface area contributed by atoms with Crippen LogP contribution < -0.4 is 15.2 Å². The molecule has 0 aliphatic rings. The highest BCUT2D eigenvalue weighted by Crippen LogP contribution is 2.28.